The molecule has 0 aliphatic carbocycles. The van der Waals surface area contributed by atoms with E-state index in [1.807, 2.05) is 6.07 Å². The highest BCUT2D eigenvalue weighted by Gasteiger charge is 2.18. The molecule has 8 nitrogen and oxygen atoms in total. The van der Waals surface area contributed by atoms with Crippen LogP contribution in [0.5, 0.6) is 11.5 Å². The third kappa shape index (κ3) is 5.50. The number of likely N-dealkylation sites (N-methyl/N-ethyl adjacent to an activating group) is 1. The fraction of sp³-hybridized carbons (Fsp3) is 0.318. The molecule has 8 heteroatoms. The lowest BCUT2D eigenvalue weighted by atomic mass is 10.0. The van der Waals surface area contributed by atoms with E-state index in [0.717, 1.165) is 11.3 Å². The van der Waals surface area contributed by atoms with Crippen molar-refractivity contribution in [2.45, 2.75) is 19.8 Å². The average molecular weight is 411 g/mol. The van der Waals surface area contributed by atoms with Gasteiger partial charge in [0.1, 0.15) is 11.5 Å². The number of anilines is 2. The molecular weight excluding hydrogens is 386 g/mol. The Morgan fingerprint density at radius 1 is 1.13 bits per heavy atom. The molecule has 0 bridgehead atoms. The highest BCUT2D eigenvalue weighted by Crippen LogP contribution is 2.26. The van der Waals surface area contributed by atoms with Gasteiger partial charge >= 0.3 is 0 Å². The van der Waals surface area contributed by atoms with Crippen molar-refractivity contribution in [1.82, 2.24) is 4.90 Å². The van der Waals surface area contributed by atoms with E-state index < -0.39 is 0 Å². The van der Waals surface area contributed by atoms with Crippen LogP contribution in [0.3, 0.4) is 0 Å². The van der Waals surface area contributed by atoms with Gasteiger partial charge < -0.3 is 25.0 Å². The number of methoxy groups -OCH3 is 1. The van der Waals surface area contributed by atoms with Gasteiger partial charge in [-0.05, 0) is 49.2 Å². The fourth-order valence-corrected chi connectivity index (χ4v) is 3.14. The number of hydrogen-bond donors (Lipinski definition) is 2. The molecule has 1 heterocycles. The van der Waals surface area contributed by atoms with Crippen LogP contribution >= 0.6 is 0 Å². The van der Waals surface area contributed by atoms with Crippen molar-refractivity contribution in [3.8, 4) is 11.5 Å². The number of benzene rings is 2. The number of ether oxygens (including phenoxy) is 2. The predicted octanol–water partition coefficient (Wildman–Crippen LogP) is 2.45. The summed E-state index contributed by atoms with van der Waals surface area (Å²) in [5.41, 5.74) is 2.35. The van der Waals surface area contributed by atoms with E-state index in [9.17, 15) is 14.4 Å². The van der Waals surface area contributed by atoms with Gasteiger partial charge in [-0.2, -0.15) is 0 Å². The van der Waals surface area contributed by atoms with Gasteiger partial charge in [0, 0.05) is 30.4 Å². The maximum absolute atomic E-state index is 12.5. The first kappa shape index (κ1) is 21.2. The van der Waals surface area contributed by atoms with Crippen LogP contribution in [-0.4, -0.2) is 49.4 Å². The van der Waals surface area contributed by atoms with Crippen LogP contribution in [0.25, 0.3) is 0 Å². The van der Waals surface area contributed by atoms with Crippen molar-refractivity contribution in [1.29, 1.82) is 0 Å². The number of rotatable bonds is 8. The number of carbonyl (C=O) groups is 3. The van der Waals surface area contributed by atoms with Crippen molar-refractivity contribution < 1.29 is 23.9 Å². The Morgan fingerprint density at radius 3 is 2.73 bits per heavy atom. The monoisotopic (exact) mass is 411 g/mol. The summed E-state index contributed by atoms with van der Waals surface area (Å²) < 4.78 is 10.8. The third-order valence-corrected chi connectivity index (χ3v) is 4.76. The minimum atomic E-state index is -0.303. The molecule has 2 N–H and O–H groups in total. The Hall–Kier alpha value is -3.55. The van der Waals surface area contributed by atoms with Crippen LogP contribution in [0.15, 0.2) is 42.5 Å². The van der Waals surface area contributed by atoms with Crippen LogP contribution in [0.1, 0.15) is 18.9 Å². The second kappa shape index (κ2) is 9.78. The molecule has 1 aliphatic heterocycles. The van der Waals surface area contributed by atoms with E-state index in [2.05, 4.69) is 10.6 Å². The number of nitrogens with one attached hydrogen (secondary N) is 2. The van der Waals surface area contributed by atoms with Crippen LogP contribution in [-0.2, 0) is 20.8 Å². The van der Waals surface area contributed by atoms with Gasteiger partial charge in [0.2, 0.25) is 11.8 Å². The van der Waals surface area contributed by atoms with Crippen LogP contribution in [0.2, 0.25) is 0 Å². The summed E-state index contributed by atoms with van der Waals surface area (Å²) in [5, 5.41) is 5.57. The molecule has 2 aromatic rings. The van der Waals surface area contributed by atoms with Crippen LogP contribution in [0, 0.1) is 0 Å². The number of carbonyl (C=O) groups excluding carboxylic acids is 3. The van der Waals surface area contributed by atoms with Gasteiger partial charge in [0.05, 0.1) is 13.7 Å². The molecule has 158 valence electrons. The van der Waals surface area contributed by atoms with Crippen LogP contribution in [0.4, 0.5) is 11.4 Å². The molecule has 2 aromatic carbocycles. The lowest BCUT2D eigenvalue weighted by molar-refractivity contribution is -0.136. The zero-order valence-electron chi connectivity index (χ0n) is 17.1. The maximum Gasteiger partial charge on any atom is 0.260 e. The summed E-state index contributed by atoms with van der Waals surface area (Å²) in [6.45, 7) is 1.93. The van der Waals surface area contributed by atoms with Gasteiger partial charge in [-0.1, -0.05) is 6.07 Å². The standard InChI is InChI=1S/C22H25N3O5/c1-3-25(13-21(27)23-16-5-4-6-17(12-16)29-2)22(28)14-30-18-8-9-19-15(11-18)7-10-20(26)24-19/h4-6,8-9,11-12H,3,7,10,13-14H2,1-2H3,(H,23,27)(H,24,26). The molecule has 0 spiro atoms. The topological polar surface area (TPSA) is 97.0 Å². The maximum atomic E-state index is 12.5. The van der Waals surface area contributed by atoms with E-state index in [1.54, 1.807) is 50.4 Å². The minimum absolute atomic E-state index is 0.00263. The number of amides is 3. The summed E-state index contributed by atoms with van der Waals surface area (Å²) in [7, 11) is 1.55. The smallest absolute Gasteiger partial charge is 0.260 e. The quantitative estimate of drug-likeness (QED) is 0.696. The molecule has 30 heavy (non-hydrogen) atoms. The minimum Gasteiger partial charge on any atom is -0.497 e. The largest absolute Gasteiger partial charge is 0.497 e. The SMILES string of the molecule is CCN(CC(=O)Nc1cccc(OC)c1)C(=O)COc1ccc2c(c1)CCC(=O)N2. The first-order valence-electron chi connectivity index (χ1n) is 9.75. The molecule has 3 rings (SSSR count). The Morgan fingerprint density at radius 2 is 1.97 bits per heavy atom. The molecule has 3 amide bonds. The highest BCUT2D eigenvalue weighted by atomic mass is 16.5. The zero-order chi connectivity index (χ0) is 21.5. The van der Waals surface area contributed by atoms with Crippen molar-refractivity contribution in [2.24, 2.45) is 0 Å². The highest BCUT2D eigenvalue weighted by molar-refractivity contribution is 5.95. The summed E-state index contributed by atoms with van der Waals surface area (Å²) in [6, 6.07) is 12.3. The second-order valence-corrected chi connectivity index (χ2v) is 6.84. The number of fused-ring (bicyclic) bond motifs is 1. The van der Waals surface area contributed by atoms with E-state index in [-0.39, 0.29) is 30.9 Å². The first-order chi connectivity index (χ1) is 14.5. The molecule has 0 saturated carbocycles. The summed E-state index contributed by atoms with van der Waals surface area (Å²) in [4.78, 5) is 37.7. The average Bonchev–Trinajstić information content (AvgIpc) is 2.75. The molecule has 0 atom stereocenters. The van der Waals surface area contributed by atoms with E-state index in [4.69, 9.17) is 9.47 Å². The van der Waals surface area contributed by atoms with Crippen LogP contribution < -0.4 is 20.1 Å². The number of hydrogen-bond acceptors (Lipinski definition) is 5. The fourth-order valence-electron chi connectivity index (χ4n) is 3.14. The van der Waals surface area contributed by atoms with Gasteiger partial charge in [-0.25, -0.2) is 0 Å². The zero-order valence-corrected chi connectivity index (χ0v) is 17.1. The molecule has 0 radical (unpaired) electrons. The first-order valence-corrected chi connectivity index (χ1v) is 9.75. The molecular formula is C22H25N3O5. The van der Waals surface area contributed by atoms with Gasteiger partial charge in [-0.3, -0.25) is 14.4 Å². The van der Waals surface area contributed by atoms with E-state index in [1.165, 1.54) is 4.90 Å². The molecule has 0 saturated heterocycles. The molecule has 0 fully saturated rings. The summed E-state index contributed by atoms with van der Waals surface area (Å²) in [5.74, 6) is 0.592. The number of aryl methyl sites for hydroxylation is 1. The molecule has 0 aromatic heterocycles. The lowest BCUT2D eigenvalue weighted by Crippen LogP contribution is -2.40. The Kier molecular flexibility index (Phi) is 6.90. The summed E-state index contributed by atoms with van der Waals surface area (Å²) >= 11 is 0. The van der Waals surface area contributed by atoms with E-state index >= 15 is 0 Å². The predicted molar refractivity (Wildman–Crippen MR) is 113 cm³/mol. The van der Waals surface area contributed by atoms with Crippen molar-refractivity contribution in [3.63, 3.8) is 0 Å². The molecule has 0 unspecified atom stereocenters. The number of nitrogens with zero attached hydrogens (tertiary/aromatic N) is 1. The van der Waals surface area contributed by atoms with Gasteiger partial charge in [0.15, 0.2) is 6.61 Å². The Bertz CT molecular complexity index is 944. The summed E-state index contributed by atoms with van der Waals surface area (Å²) in [6.07, 6.45) is 1.07. The van der Waals surface area contributed by atoms with Crippen molar-refractivity contribution >= 4 is 29.1 Å². The van der Waals surface area contributed by atoms with Crippen molar-refractivity contribution in [2.75, 3.05) is 37.4 Å². The second-order valence-electron chi connectivity index (χ2n) is 6.84. The lowest BCUT2D eigenvalue weighted by Gasteiger charge is -2.21. The third-order valence-electron chi connectivity index (χ3n) is 4.76. The van der Waals surface area contributed by atoms with Crippen molar-refractivity contribution in [3.05, 3.63) is 48.0 Å². The Labute approximate surface area is 175 Å². The van der Waals surface area contributed by atoms with E-state index in [0.29, 0.717) is 36.6 Å². The Balaban J connectivity index is 1.53. The van der Waals surface area contributed by atoms with Gasteiger partial charge in [-0.15, -0.1) is 0 Å². The molecule has 1 aliphatic rings. The van der Waals surface area contributed by atoms with Gasteiger partial charge in [0.25, 0.3) is 5.91 Å². The normalized spacial score (nSPS) is 12.4.